The summed E-state index contributed by atoms with van der Waals surface area (Å²) in [5.41, 5.74) is 1.17. The highest BCUT2D eigenvalue weighted by molar-refractivity contribution is 7.22. The van der Waals surface area contributed by atoms with Gasteiger partial charge in [-0.1, -0.05) is 11.3 Å². The molecule has 1 aliphatic heterocycles. The molecule has 0 saturated carbocycles. The molecule has 34 heavy (non-hydrogen) atoms. The van der Waals surface area contributed by atoms with Crippen molar-refractivity contribution in [1.29, 1.82) is 0 Å². The van der Waals surface area contributed by atoms with Crippen LogP contribution in [0.15, 0.2) is 24.3 Å². The first-order valence-corrected chi connectivity index (χ1v) is 11.2. The first kappa shape index (κ1) is 25.7. The summed E-state index contributed by atoms with van der Waals surface area (Å²) in [6.45, 7) is 2.13. The van der Waals surface area contributed by atoms with E-state index in [1.165, 1.54) is 32.7 Å². The highest BCUT2D eigenvalue weighted by Gasteiger charge is 2.25. The Bertz CT molecular complexity index is 1100. The number of rotatable bonds is 8. The summed E-state index contributed by atoms with van der Waals surface area (Å²) >= 11 is 1.43. The zero-order chi connectivity index (χ0) is 23.5. The average Bonchev–Trinajstić information content (AvgIpc) is 3.23. The Labute approximate surface area is 208 Å². The van der Waals surface area contributed by atoms with E-state index in [9.17, 15) is 4.79 Å². The minimum absolute atomic E-state index is 0. The van der Waals surface area contributed by atoms with Crippen LogP contribution in [0.3, 0.4) is 0 Å². The van der Waals surface area contributed by atoms with Gasteiger partial charge in [0.1, 0.15) is 13.2 Å². The third kappa shape index (κ3) is 5.08. The van der Waals surface area contributed by atoms with Crippen LogP contribution < -0.4 is 28.6 Å². The second kappa shape index (κ2) is 11.0. The molecule has 0 fully saturated rings. The van der Waals surface area contributed by atoms with E-state index in [1.807, 2.05) is 31.1 Å². The van der Waals surface area contributed by atoms with Crippen LogP contribution in [-0.2, 0) is 0 Å². The molecule has 0 N–H and O–H groups in total. The number of fused-ring (bicyclic) bond motifs is 2. The minimum Gasteiger partial charge on any atom is -0.493 e. The molecule has 3 aromatic rings. The van der Waals surface area contributed by atoms with E-state index >= 15 is 0 Å². The summed E-state index contributed by atoms with van der Waals surface area (Å²) in [5.74, 6) is 2.41. The number of benzene rings is 2. The number of methoxy groups -OCH3 is 3. The lowest BCUT2D eigenvalue weighted by Gasteiger charge is -2.23. The molecule has 0 aliphatic carbocycles. The molecule has 1 amide bonds. The van der Waals surface area contributed by atoms with Crippen molar-refractivity contribution in [3.8, 4) is 28.7 Å². The van der Waals surface area contributed by atoms with Crippen molar-refractivity contribution in [2.24, 2.45) is 0 Å². The number of hydrogen-bond acceptors (Lipinski definition) is 9. The molecule has 1 aromatic heterocycles. The van der Waals surface area contributed by atoms with E-state index in [4.69, 9.17) is 28.7 Å². The van der Waals surface area contributed by atoms with Crippen molar-refractivity contribution >= 4 is 45.0 Å². The lowest BCUT2D eigenvalue weighted by molar-refractivity contribution is 0.0984. The molecule has 1 aliphatic rings. The number of nitrogens with zero attached hydrogens (tertiary/aromatic N) is 3. The van der Waals surface area contributed by atoms with Crippen LogP contribution in [0.25, 0.3) is 10.2 Å². The summed E-state index contributed by atoms with van der Waals surface area (Å²) < 4.78 is 28.6. The van der Waals surface area contributed by atoms with Crippen LogP contribution in [0, 0.1) is 0 Å². The fourth-order valence-corrected chi connectivity index (χ4v) is 4.51. The monoisotopic (exact) mass is 509 g/mol. The molecule has 0 radical (unpaired) electrons. The van der Waals surface area contributed by atoms with Gasteiger partial charge in [-0.2, -0.15) is 0 Å². The van der Waals surface area contributed by atoms with Gasteiger partial charge >= 0.3 is 0 Å². The maximum atomic E-state index is 13.7. The molecule has 0 atom stereocenters. The standard InChI is InChI=1S/C23H27N3O6S.ClH/c1-25(2)6-7-26(22(27)14-10-18(28-3)21(30-5)19(11-14)29-4)23-24-15-12-16-17(13-20(15)33-23)32-9-8-31-16;/h10-13H,6-9H2,1-5H3;1H. The maximum absolute atomic E-state index is 13.7. The van der Waals surface area contributed by atoms with Gasteiger partial charge in [-0.15, -0.1) is 12.4 Å². The lowest BCUT2D eigenvalue weighted by Crippen LogP contribution is -2.36. The molecular weight excluding hydrogens is 482 g/mol. The summed E-state index contributed by atoms with van der Waals surface area (Å²) in [7, 11) is 8.50. The van der Waals surface area contributed by atoms with Crippen molar-refractivity contribution in [3.63, 3.8) is 0 Å². The first-order valence-electron chi connectivity index (χ1n) is 10.4. The topological polar surface area (TPSA) is 82.6 Å². The van der Waals surface area contributed by atoms with E-state index in [0.717, 1.165) is 10.2 Å². The van der Waals surface area contributed by atoms with Crippen LogP contribution in [0.4, 0.5) is 5.13 Å². The summed E-state index contributed by atoms with van der Waals surface area (Å²) in [5, 5.41) is 0.591. The van der Waals surface area contributed by atoms with Crippen molar-refractivity contribution in [2.45, 2.75) is 0 Å². The molecule has 9 nitrogen and oxygen atoms in total. The van der Waals surface area contributed by atoms with Crippen molar-refractivity contribution < 1.29 is 28.5 Å². The summed E-state index contributed by atoms with van der Waals surface area (Å²) in [6.07, 6.45) is 0. The molecule has 0 spiro atoms. The van der Waals surface area contributed by atoms with Crippen LogP contribution >= 0.6 is 23.7 Å². The fourth-order valence-electron chi connectivity index (χ4n) is 3.51. The highest BCUT2D eigenvalue weighted by atomic mass is 35.5. The number of hydrogen-bond donors (Lipinski definition) is 0. The first-order chi connectivity index (χ1) is 15.9. The molecule has 0 saturated heterocycles. The van der Waals surface area contributed by atoms with Gasteiger partial charge in [-0.05, 0) is 26.2 Å². The Balaban J connectivity index is 0.00000324. The highest BCUT2D eigenvalue weighted by Crippen LogP contribution is 2.41. The molecule has 4 rings (SSSR count). The normalized spacial score (nSPS) is 12.3. The van der Waals surface area contributed by atoms with Gasteiger partial charge in [-0.3, -0.25) is 9.69 Å². The Morgan fingerprint density at radius 3 is 2.15 bits per heavy atom. The van der Waals surface area contributed by atoms with Gasteiger partial charge < -0.3 is 28.6 Å². The zero-order valence-corrected chi connectivity index (χ0v) is 21.4. The second-order valence-corrected chi connectivity index (χ2v) is 8.64. The number of carbonyl (C=O) groups excluding carboxylic acids is 1. The van der Waals surface area contributed by atoms with Gasteiger partial charge in [0.2, 0.25) is 5.75 Å². The molecule has 11 heteroatoms. The quantitative estimate of drug-likeness (QED) is 0.454. The number of ether oxygens (including phenoxy) is 5. The van der Waals surface area contributed by atoms with Gasteiger partial charge in [0.05, 0.1) is 31.5 Å². The van der Waals surface area contributed by atoms with Crippen molar-refractivity contribution in [2.75, 3.05) is 66.6 Å². The number of likely N-dealkylation sites (N-methyl/N-ethyl adjacent to an activating group) is 1. The van der Waals surface area contributed by atoms with E-state index in [1.54, 1.807) is 17.0 Å². The third-order valence-corrected chi connectivity index (χ3v) is 6.24. The van der Waals surface area contributed by atoms with Crippen LogP contribution in [0.5, 0.6) is 28.7 Å². The Morgan fingerprint density at radius 2 is 1.59 bits per heavy atom. The maximum Gasteiger partial charge on any atom is 0.260 e. The van der Waals surface area contributed by atoms with Crippen molar-refractivity contribution in [3.05, 3.63) is 29.8 Å². The summed E-state index contributed by atoms with van der Waals surface area (Å²) in [6, 6.07) is 7.08. The molecule has 0 unspecified atom stereocenters. The van der Waals surface area contributed by atoms with E-state index in [0.29, 0.717) is 65.7 Å². The molecule has 2 aromatic carbocycles. The average molecular weight is 510 g/mol. The number of halogens is 1. The SMILES string of the molecule is COc1cc(C(=O)N(CCN(C)C)c2nc3cc4c(cc3s2)OCCO4)cc(OC)c1OC.Cl. The molecule has 2 heterocycles. The molecule has 0 bridgehead atoms. The zero-order valence-electron chi connectivity index (χ0n) is 19.7. The fraction of sp³-hybridized carbons (Fsp3) is 0.391. The predicted molar refractivity (Wildman–Crippen MR) is 134 cm³/mol. The van der Waals surface area contributed by atoms with Gasteiger partial charge in [0, 0.05) is 30.8 Å². The predicted octanol–water partition coefficient (Wildman–Crippen LogP) is 3.72. The van der Waals surface area contributed by atoms with Gasteiger partial charge in [-0.25, -0.2) is 4.98 Å². The number of carbonyl (C=O) groups is 1. The Morgan fingerprint density at radius 1 is 0.971 bits per heavy atom. The van der Waals surface area contributed by atoms with Gasteiger partial charge in [0.15, 0.2) is 28.1 Å². The smallest absolute Gasteiger partial charge is 0.260 e. The lowest BCUT2D eigenvalue weighted by atomic mass is 10.1. The largest absolute Gasteiger partial charge is 0.493 e. The van der Waals surface area contributed by atoms with Crippen LogP contribution in [0.1, 0.15) is 10.4 Å². The van der Waals surface area contributed by atoms with E-state index in [2.05, 4.69) is 0 Å². The summed E-state index contributed by atoms with van der Waals surface area (Å²) in [4.78, 5) is 22.1. The van der Waals surface area contributed by atoms with Crippen molar-refractivity contribution in [1.82, 2.24) is 9.88 Å². The number of amides is 1. The van der Waals surface area contributed by atoms with Crippen LogP contribution in [-0.4, -0.2) is 77.5 Å². The third-order valence-electron chi connectivity index (χ3n) is 5.20. The number of aromatic nitrogens is 1. The Kier molecular flexibility index (Phi) is 8.29. The van der Waals surface area contributed by atoms with Crippen LogP contribution in [0.2, 0.25) is 0 Å². The van der Waals surface area contributed by atoms with Gasteiger partial charge in [0.25, 0.3) is 5.91 Å². The van der Waals surface area contributed by atoms with E-state index < -0.39 is 0 Å². The molecule has 184 valence electrons. The second-order valence-electron chi connectivity index (χ2n) is 7.63. The number of anilines is 1. The molecular formula is C23H28ClN3O6S. The minimum atomic E-state index is -0.215. The number of thiazole rings is 1. The Hall–Kier alpha value is -2.95. The van der Waals surface area contributed by atoms with E-state index in [-0.39, 0.29) is 18.3 Å².